The zero-order valence-electron chi connectivity index (χ0n) is 11.8. The van der Waals surface area contributed by atoms with Crippen LogP contribution in [0.4, 0.5) is 5.69 Å². The fraction of sp³-hybridized carbons (Fsp3) is 0.562. The van der Waals surface area contributed by atoms with Crippen molar-refractivity contribution in [2.75, 3.05) is 11.9 Å². The number of anilines is 1. The monoisotopic (exact) mass is 333 g/mol. The maximum absolute atomic E-state index is 9.40. The molecule has 4 heteroatoms. The summed E-state index contributed by atoms with van der Waals surface area (Å²) in [4.78, 5) is 2.53. The Morgan fingerprint density at radius 3 is 2.60 bits per heavy atom. The number of nitrogens with one attached hydrogen (secondary N) is 1. The predicted molar refractivity (Wildman–Crippen MR) is 84.8 cm³/mol. The molecule has 2 atom stereocenters. The highest BCUT2D eigenvalue weighted by Gasteiger charge is 2.38. The van der Waals surface area contributed by atoms with Crippen molar-refractivity contribution in [3.8, 4) is 6.07 Å². The van der Waals surface area contributed by atoms with Crippen molar-refractivity contribution >= 4 is 21.6 Å². The number of hydrogen-bond acceptors (Lipinski definition) is 3. The highest BCUT2D eigenvalue weighted by atomic mass is 79.9. The van der Waals surface area contributed by atoms with Crippen molar-refractivity contribution in [1.29, 1.82) is 5.26 Å². The Balaban J connectivity index is 1.98. The summed E-state index contributed by atoms with van der Waals surface area (Å²) in [6.07, 6.45) is 6.17. The highest BCUT2D eigenvalue weighted by molar-refractivity contribution is 9.10. The van der Waals surface area contributed by atoms with Gasteiger partial charge in [-0.3, -0.25) is 0 Å². The van der Waals surface area contributed by atoms with E-state index in [0.29, 0.717) is 18.1 Å². The summed E-state index contributed by atoms with van der Waals surface area (Å²) in [6.45, 7) is 0. The summed E-state index contributed by atoms with van der Waals surface area (Å²) in [5.41, 5.74) is 1.92. The summed E-state index contributed by atoms with van der Waals surface area (Å²) < 4.78 is 1.06. The number of hydrogen-bond donors (Lipinski definition) is 1. The first kappa shape index (κ1) is 13.9. The van der Waals surface area contributed by atoms with Crippen LogP contribution < -0.4 is 10.2 Å². The van der Waals surface area contributed by atoms with Crippen LogP contribution in [-0.2, 0) is 0 Å². The molecule has 1 N–H and O–H groups in total. The molecule has 2 fully saturated rings. The van der Waals surface area contributed by atoms with E-state index in [0.717, 1.165) is 15.7 Å². The smallest absolute Gasteiger partial charge is 0.101 e. The van der Waals surface area contributed by atoms with Crippen LogP contribution in [0.5, 0.6) is 0 Å². The van der Waals surface area contributed by atoms with E-state index < -0.39 is 0 Å². The van der Waals surface area contributed by atoms with Crippen LogP contribution in [0.1, 0.15) is 37.7 Å². The average molecular weight is 334 g/mol. The van der Waals surface area contributed by atoms with Crippen molar-refractivity contribution in [2.45, 2.75) is 50.2 Å². The number of rotatable bonds is 2. The van der Waals surface area contributed by atoms with Gasteiger partial charge in [0.25, 0.3) is 0 Å². The van der Waals surface area contributed by atoms with Gasteiger partial charge >= 0.3 is 0 Å². The fourth-order valence-corrected chi connectivity index (χ4v) is 4.17. The molecule has 0 spiro atoms. The Morgan fingerprint density at radius 2 is 2.00 bits per heavy atom. The third-order valence-electron chi connectivity index (χ3n) is 4.74. The van der Waals surface area contributed by atoms with E-state index in [9.17, 15) is 5.26 Å². The number of fused-ring (bicyclic) bond motifs is 2. The van der Waals surface area contributed by atoms with Gasteiger partial charge in [0.05, 0.1) is 11.3 Å². The van der Waals surface area contributed by atoms with Gasteiger partial charge in [-0.1, -0.05) is 15.9 Å². The molecule has 0 radical (unpaired) electrons. The molecule has 3 nitrogen and oxygen atoms in total. The quantitative estimate of drug-likeness (QED) is 0.901. The molecule has 2 heterocycles. The molecule has 2 saturated heterocycles. The zero-order valence-corrected chi connectivity index (χ0v) is 13.4. The fourth-order valence-electron chi connectivity index (χ4n) is 3.82. The van der Waals surface area contributed by atoms with Gasteiger partial charge in [-0.25, -0.2) is 0 Å². The first-order chi connectivity index (χ1) is 9.72. The largest absolute Gasteiger partial charge is 0.364 e. The molecule has 20 heavy (non-hydrogen) atoms. The molecule has 0 amide bonds. The zero-order chi connectivity index (χ0) is 14.1. The van der Waals surface area contributed by atoms with Crippen molar-refractivity contribution in [3.63, 3.8) is 0 Å². The number of nitriles is 1. The standard InChI is InChI=1S/C16H20BrN3/c1-19-13-8-14-3-2-4-15(9-13)20(14)16-7-12(17)6-5-11(16)10-18/h5-7,13-15,19H,2-4,8-9H2,1H3. The van der Waals surface area contributed by atoms with Gasteiger partial charge in [0.2, 0.25) is 0 Å². The lowest BCUT2D eigenvalue weighted by Gasteiger charge is -2.50. The van der Waals surface area contributed by atoms with Gasteiger partial charge in [-0.05, 0) is 57.4 Å². The topological polar surface area (TPSA) is 39.1 Å². The Morgan fingerprint density at radius 1 is 1.30 bits per heavy atom. The minimum absolute atomic E-state index is 0.571. The molecular weight excluding hydrogens is 314 g/mol. The second kappa shape index (κ2) is 5.75. The van der Waals surface area contributed by atoms with Crippen LogP contribution in [0.2, 0.25) is 0 Å². The second-order valence-corrected chi connectivity index (χ2v) is 6.79. The first-order valence-corrected chi connectivity index (χ1v) is 8.17. The van der Waals surface area contributed by atoms with E-state index in [1.54, 1.807) is 0 Å². The Labute approximate surface area is 129 Å². The van der Waals surface area contributed by atoms with Crippen molar-refractivity contribution < 1.29 is 0 Å². The van der Waals surface area contributed by atoms with Gasteiger partial charge in [0, 0.05) is 22.6 Å². The molecule has 0 aliphatic carbocycles. The van der Waals surface area contributed by atoms with Gasteiger partial charge in [-0.2, -0.15) is 5.26 Å². The number of halogens is 1. The predicted octanol–water partition coefficient (Wildman–Crippen LogP) is 3.43. The highest BCUT2D eigenvalue weighted by Crippen LogP contribution is 2.39. The van der Waals surface area contributed by atoms with Gasteiger partial charge in [-0.15, -0.1) is 0 Å². The molecule has 0 aromatic heterocycles. The van der Waals surface area contributed by atoms with Crippen molar-refractivity contribution in [3.05, 3.63) is 28.2 Å². The van der Waals surface area contributed by atoms with Crippen LogP contribution in [0.25, 0.3) is 0 Å². The minimum Gasteiger partial charge on any atom is -0.364 e. The van der Waals surface area contributed by atoms with E-state index in [1.165, 1.54) is 32.1 Å². The lowest BCUT2D eigenvalue weighted by Crippen LogP contribution is -2.56. The van der Waals surface area contributed by atoms with Crippen LogP contribution in [0, 0.1) is 11.3 Å². The summed E-state index contributed by atoms with van der Waals surface area (Å²) >= 11 is 3.55. The molecule has 2 aliphatic heterocycles. The van der Waals surface area contributed by atoms with E-state index >= 15 is 0 Å². The molecule has 3 rings (SSSR count). The molecule has 0 saturated carbocycles. The summed E-state index contributed by atoms with van der Waals surface area (Å²) in [6, 6.07) is 10.1. The molecule has 106 valence electrons. The third kappa shape index (κ3) is 2.45. The van der Waals surface area contributed by atoms with Gasteiger partial charge in [0.1, 0.15) is 6.07 Å². The first-order valence-electron chi connectivity index (χ1n) is 7.38. The lowest BCUT2D eigenvalue weighted by atomic mass is 9.81. The Kier molecular flexibility index (Phi) is 4.00. The number of nitrogens with zero attached hydrogens (tertiary/aromatic N) is 2. The maximum atomic E-state index is 9.40. The number of piperidine rings is 2. The van der Waals surface area contributed by atoms with Crippen LogP contribution >= 0.6 is 15.9 Å². The lowest BCUT2D eigenvalue weighted by molar-refractivity contribution is 0.252. The Bertz CT molecular complexity index is 523. The van der Waals surface area contributed by atoms with E-state index in [2.05, 4.69) is 45.3 Å². The number of benzene rings is 1. The SMILES string of the molecule is CNC1CC2CCCC(C1)N2c1cc(Br)ccc1C#N. The van der Waals surface area contributed by atoms with E-state index in [4.69, 9.17) is 0 Å². The van der Waals surface area contributed by atoms with Crippen LogP contribution in [0.3, 0.4) is 0 Å². The van der Waals surface area contributed by atoms with Crippen molar-refractivity contribution in [1.82, 2.24) is 5.32 Å². The summed E-state index contributed by atoms with van der Waals surface area (Å²) in [5.74, 6) is 0. The molecule has 2 bridgehead atoms. The van der Waals surface area contributed by atoms with Crippen LogP contribution in [-0.4, -0.2) is 25.2 Å². The molecule has 2 aliphatic rings. The Hall–Kier alpha value is -1.05. The van der Waals surface area contributed by atoms with Crippen molar-refractivity contribution in [2.24, 2.45) is 0 Å². The average Bonchev–Trinajstić information content (AvgIpc) is 2.45. The summed E-state index contributed by atoms with van der Waals surface area (Å²) in [7, 11) is 2.07. The second-order valence-electron chi connectivity index (χ2n) is 5.88. The van der Waals surface area contributed by atoms with Gasteiger partial charge < -0.3 is 10.2 Å². The molecule has 1 aromatic carbocycles. The third-order valence-corrected chi connectivity index (χ3v) is 5.23. The minimum atomic E-state index is 0.571. The molecule has 2 unspecified atom stereocenters. The molecule has 1 aromatic rings. The van der Waals surface area contributed by atoms with E-state index in [1.807, 2.05) is 12.1 Å². The van der Waals surface area contributed by atoms with Crippen LogP contribution in [0.15, 0.2) is 22.7 Å². The maximum Gasteiger partial charge on any atom is 0.101 e. The van der Waals surface area contributed by atoms with Gasteiger partial charge in [0.15, 0.2) is 0 Å². The molecular formula is C16H20BrN3. The summed E-state index contributed by atoms with van der Waals surface area (Å²) in [5, 5.41) is 12.8. The van der Waals surface area contributed by atoms with E-state index in [-0.39, 0.29) is 0 Å². The normalized spacial score (nSPS) is 29.1.